The number of benzene rings is 4. The summed E-state index contributed by atoms with van der Waals surface area (Å²) in [6, 6.07) is 32.9. The van der Waals surface area contributed by atoms with E-state index in [4.69, 9.17) is 4.74 Å². The molecule has 0 radical (unpaired) electrons. The molecule has 0 bridgehead atoms. The number of rotatable bonds is 8. The molecule has 0 spiro atoms. The average Bonchev–Trinajstić information content (AvgIpc) is 3.41. The van der Waals surface area contributed by atoms with Crippen LogP contribution in [0.25, 0.3) is 11.6 Å². The highest BCUT2D eigenvalue weighted by atomic mass is 32.1. The van der Waals surface area contributed by atoms with Gasteiger partial charge in [-0.3, -0.25) is 19.1 Å². The minimum absolute atomic E-state index is 0.00134. The first kappa shape index (κ1) is 32.6. The molecule has 2 heterocycles. The maximum Gasteiger partial charge on any atom is 0.269 e. The zero-order valence-electron chi connectivity index (χ0n) is 26.2. The largest absolute Gasteiger partial charge is 0.497 e. The molecular weight excluding hydrogens is 631 g/mol. The van der Waals surface area contributed by atoms with Crippen molar-refractivity contribution in [2.75, 3.05) is 33.3 Å². The molecule has 242 valence electrons. The highest BCUT2D eigenvalue weighted by Crippen LogP contribution is 2.29. The predicted octanol–water partition coefficient (Wildman–Crippen LogP) is 4.68. The summed E-state index contributed by atoms with van der Waals surface area (Å²) in [6.07, 6.45) is 1.14. The fraction of sp³-hybridized carbons (Fsp3) is 0.184. The molecule has 0 unspecified atom stereocenters. The SMILES string of the molecule is COc1ccc(Cn2c(=O)/c(=C/c3c(F)cccc3F)s/c2=C(\C#N)C(=O)N2CCN(C(c3ccccc3)c3ccccc3)CC2)cc1. The summed E-state index contributed by atoms with van der Waals surface area (Å²) in [5.74, 6) is -1.52. The monoisotopic (exact) mass is 662 g/mol. The highest BCUT2D eigenvalue weighted by molar-refractivity contribution is 7.07. The van der Waals surface area contributed by atoms with Crippen molar-refractivity contribution in [3.8, 4) is 11.8 Å². The number of hydrogen-bond donors (Lipinski definition) is 0. The van der Waals surface area contributed by atoms with Gasteiger partial charge in [-0.15, -0.1) is 11.3 Å². The van der Waals surface area contributed by atoms with Gasteiger partial charge in [0, 0.05) is 31.7 Å². The minimum Gasteiger partial charge on any atom is -0.497 e. The highest BCUT2D eigenvalue weighted by Gasteiger charge is 2.30. The van der Waals surface area contributed by atoms with Crippen molar-refractivity contribution in [1.82, 2.24) is 14.4 Å². The predicted molar refractivity (Wildman–Crippen MR) is 182 cm³/mol. The van der Waals surface area contributed by atoms with E-state index >= 15 is 0 Å². The number of methoxy groups -OCH3 is 1. The van der Waals surface area contributed by atoms with Gasteiger partial charge in [0.15, 0.2) is 5.57 Å². The summed E-state index contributed by atoms with van der Waals surface area (Å²) in [7, 11) is 1.55. The maximum atomic E-state index is 14.6. The molecule has 7 nitrogen and oxygen atoms in total. The third-order valence-electron chi connectivity index (χ3n) is 8.42. The Kier molecular flexibility index (Phi) is 9.90. The number of aromatic nitrogens is 1. The van der Waals surface area contributed by atoms with Crippen LogP contribution in [0.4, 0.5) is 8.78 Å². The Bertz CT molecular complexity index is 2080. The van der Waals surface area contributed by atoms with Gasteiger partial charge < -0.3 is 9.64 Å². The van der Waals surface area contributed by atoms with Crippen LogP contribution >= 0.6 is 11.3 Å². The van der Waals surface area contributed by atoms with Crippen LogP contribution in [-0.2, 0) is 11.3 Å². The first-order chi connectivity index (χ1) is 23.4. The summed E-state index contributed by atoms with van der Waals surface area (Å²) in [5, 5.41) is 10.4. The van der Waals surface area contributed by atoms with E-state index < -0.39 is 23.1 Å². The number of amides is 1. The molecule has 0 atom stereocenters. The molecule has 1 aliphatic heterocycles. The maximum absolute atomic E-state index is 14.6. The molecule has 1 saturated heterocycles. The lowest BCUT2D eigenvalue weighted by molar-refractivity contribution is -0.126. The zero-order chi connectivity index (χ0) is 33.6. The molecule has 1 amide bonds. The molecule has 0 aliphatic carbocycles. The van der Waals surface area contributed by atoms with Crippen molar-refractivity contribution < 1.29 is 18.3 Å². The lowest BCUT2D eigenvalue weighted by Crippen LogP contribution is -2.50. The number of carbonyl (C=O) groups excluding carboxylic acids is 1. The molecule has 1 aromatic heterocycles. The van der Waals surface area contributed by atoms with E-state index in [0.29, 0.717) is 37.5 Å². The van der Waals surface area contributed by atoms with Gasteiger partial charge in [-0.25, -0.2) is 8.78 Å². The Hall–Kier alpha value is -5.37. The Morgan fingerprint density at radius 3 is 2.00 bits per heavy atom. The van der Waals surface area contributed by atoms with Gasteiger partial charge in [-0.1, -0.05) is 78.9 Å². The number of ether oxygens (including phenoxy) is 1. The van der Waals surface area contributed by atoms with Crippen molar-refractivity contribution in [2.45, 2.75) is 12.6 Å². The Morgan fingerprint density at radius 2 is 1.46 bits per heavy atom. The van der Waals surface area contributed by atoms with E-state index in [1.807, 2.05) is 36.4 Å². The Balaban J connectivity index is 1.36. The van der Waals surface area contributed by atoms with Crippen LogP contribution in [0.2, 0.25) is 0 Å². The fourth-order valence-electron chi connectivity index (χ4n) is 5.96. The molecule has 4 aromatic carbocycles. The molecule has 5 aromatic rings. The van der Waals surface area contributed by atoms with Crippen LogP contribution in [0, 0.1) is 23.0 Å². The van der Waals surface area contributed by atoms with Gasteiger partial charge >= 0.3 is 0 Å². The van der Waals surface area contributed by atoms with E-state index in [2.05, 4.69) is 35.2 Å². The Morgan fingerprint density at radius 1 is 0.875 bits per heavy atom. The Labute approximate surface area is 280 Å². The van der Waals surface area contributed by atoms with Crippen LogP contribution in [0.15, 0.2) is 108 Å². The third-order valence-corrected chi connectivity index (χ3v) is 9.55. The summed E-state index contributed by atoms with van der Waals surface area (Å²) < 4.78 is 35.9. The normalized spacial score (nSPS) is 14.6. The first-order valence-corrected chi connectivity index (χ1v) is 16.3. The lowest BCUT2D eigenvalue weighted by Gasteiger charge is -2.39. The van der Waals surface area contributed by atoms with E-state index in [0.717, 1.165) is 40.7 Å². The number of halogens is 2. The minimum atomic E-state index is -0.825. The number of hydrogen-bond acceptors (Lipinski definition) is 6. The van der Waals surface area contributed by atoms with Crippen LogP contribution in [0.3, 0.4) is 0 Å². The number of carbonyl (C=O) groups is 1. The standard InChI is InChI=1S/C38H32F2N4O3S/c1-47-29-17-15-26(16-18-29)25-44-37(46)34(23-30-32(39)13-8-14-33(30)40)48-38(44)31(24-41)36(45)43-21-19-42(20-22-43)35(27-9-4-2-5-10-27)28-11-6-3-7-12-28/h2-18,23,35H,19-22,25H2,1H3/b34-23-,38-31+. The molecule has 0 N–H and O–H groups in total. The molecule has 10 heteroatoms. The zero-order valence-corrected chi connectivity index (χ0v) is 27.0. The van der Waals surface area contributed by atoms with Gasteiger partial charge in [0.25, 0.3) is 11.5 Å². The lowest BCUT2D eigenvalue weighted by atomic mass is 9.96. The van der Waals surface area contributed by atoms with Gasteiger partial charge in [-0.2, -0.15) is 5.26 Å². The van der Waals surface area contributed by atoms with Crippen LogP contribution in [-0.4, -0.2) is 53.6 Å². The number of thiazole rings is 1. The van der Waals surface area contributed by atoms with Crippen LogP contribution in [0.5, 0.6) is 5.75 Å². The molecule has 0 saturated carbocycles. The van der Waals surface area contributed by atoms with Crippen molar-refractivity contribution >= 4 is 28.9 Å². The first-order valence-electron chi connectivity index (χ1n) is 15.4. The summed E-state index contributed by atoms with van der Waals surface area (Å²) in [5.41, 5.74) is 1.87. The van der Waals surface area contributed by atoms with Crippen molar-refractivity contribution in [3.63, 3.8) is 0 Å². The van der Waals surface area contributed by atoms with Gasteiger partial charge in [0.1, 0.15) is 28.1 Å². The second kappa shape index (κ2) is 14.6. The van der Waals surface area contributed by atoms with Crippen molar-refractivity contribution in [3.05, 3.63) is 157 Å². The molecule has 6 rings (SSSR count). The van der Waals surface area contributed by atoms with Gasteiger partial charge in [0.2, 0.25) is 0 Å². The van der Waals surface area contributed by atoms with Crippen molar-refractivity contribution in [1.29, 1.82) is 5.26 Å². The van der Waals surface area contributed by atoms with Gasteiger partial charge in [-0.05, 0) is 47.0 Å². The average molecular weight is 663 g/mol. The second-order valence-corrected chi connectivity index (χ2v) is 12.4. The fourth-order valence-corrected chi connectivity index (χ4v) is 7.03. The van der Waals surface area contributed by atoms with E-state index in [-0.39, 0.29) is 32.9 Å². The van der Waals surface area contributed by atoms with E-state index in [1.54, 1.807) is 36.3 Å². The van der Waals surface area contributed by atoms with Gasteiger partial charge in [0.05, 0.1) is 24.2 Å². The molecule has 1 aliphatic rings. The molecular formula is C38H32F2N4O3S. The van der Waals surface area contributed by atoms with Crippen LogP contribution in [0.1, 0.15) is 28.3 Å². The summed E-state index contributed by atoms with van der Waals surface area (Å²) in [6.45, 7) is 1.90. The topological polar surface area (TPSA) is 78.6 Å². The number of nitrogens with zero attached hydrogens (tertiary/aromatic N) is 4. The summed E-state index contributed by atoms with van der Waals surface area (Å²) in [4.78, 5) is 31.7. The van der Waals surface area contributed by atoms with E-state index in [1.165, 1.54) is 10.6 Å². The number of piperazine rings is 1. The summed E-state index contributed by atoms with van der Waals surface area (Å²) >= 11 is 0.870. The van der Waals surface area contributed by atoms with Crippen LogP contribution < -0.4 is 19.5 Å². The molecule has 1 fully saturated rings. The second-order valence-electron chi connectivity index (χ2n) is 11.3. The third kappa shape index (κ3) is 6.83. The number of nitriles is 1. The molecule has 48 heavy (non-hydrogen) atoms. The van der Waals surface area contributed by atoms with E-state index in [9.17, 15) is 23.6 Å². The van der Waals surface area contributed by atoms with Crippen molar-refractivity contribution in [2.24, 2.45) is 0 Å². The quantitative estimate of drug-likeness (QED) is 0.241. The smallest absolute Gasteiger partial charge is 0.269 e.